The van der Waals surface area contributed by atoms with Crippen molar-refractivity contribution in [2.45, 2.75) is 6.42 Å². The Hall–Kier alpha value is -2.64. The molecule has 6 nitrogen and oxygen atoms in total. The molecule has 2 aromatic carbocycles. The zero-order valence-electron chi connectivity index (χ0n) is 16.7. The second-order valence-electron chi connectivity index (χ2n) is 6.86. The fourth-order valence-corrected chi connectivity index (χ4v) is 3.85. The number of likely N-dealkylation sites (N-methyl/N-ethyl adjacent to an activating group) is 1. The highest BCUT2D eigenvalue weighted by molar-refractivity contribution is 7.22. The van der Waals surface area contributed by atoms with Crippen molar-refractivity contribution in [1.82, 2.24) is 4.98 Å². The Morgan fingerprint density at radius 1 is 1.07 bits per heavy atom. The fraction of sp³-hybridized carbons (Fsp3) is 0.333. The SMILES string of the molecule is COc1ccc(CC(=O)N(CC[NH+](C)C)c2nc3ccc(OC)cc3s2)cc1. The number of nitrogens with zero attached hydrogens (tertiary/aromatic N) is 2. The monoisotopic (exact) mass is 400 g/mol. The molecule has 3 aromatic rings. The van der Waals surface area contributed by atoms with E-state index in [1.807, 2.05) is 42.5 Å². The van der Waals surface area contributed by atoms with Crippen LogP contribution in [0.25, 0.3) is 10.2 Å². The Morgan fingerprint density at radius 2 is 1.75 bits per heavy atom. The molecule has 0 saturated heterocycles. The normalized spacial score (nSPS) is 11.0. The number of amides is 1. The van der Waals surface area contributed by atoms with Gasteiger partial charge in [-0.15, -0.1) is 0 Å². The molecular formula is C21H26N3O3S+. The summed E-state index contributed by atoms with van der Waals surface area (Å²) >= 11 is 1.52. The molecular weight excluding hydrogens is 374 g/mol. The van der Waals surface area contributed by atoms with Crippen molar-refractivity contribution in [3.8, 4) is 11.5 Å². The van der Waals surface area contributed by atoms with Gasteiger partial charge < -0.3 is 14.4 Å². The van der Waals surface area contributed by atoms with E-state index in [-0.39, 0.29) is 5.91 Å². The second kappa shape index (κ2) is 9.03. The first-order chi connectivity index (χ1) is 13.5. The maximum Gasteiger partial charge on any atom is 0.233 e. The Labute approximate surface area is 169 Å². The fourth-order valence-electron chi connectivity index (χ4n) is 2.81. The molecule has 1 amide bonds. The number of quaternary nitrogens is 1. The molecule has 0 bridgehead atoms. The standard InChI is InChI=1S/C21H25N3O3S/c1-23(2)11-12-24(20(25)13-15-5-7-16(26-3)8-6-15)21-22-18-10-9-17(27-4)14-19(18)28-21/h5-10,14H,11-13H2,1-4H3/p+1. The number of methoxy groups -OCH3 is 2. The van der Waals surface area contributed by atoms with Crippen LogP contribution in [0.5, 0.6) is 11.5 Å². The van der Waals surface area contributed by atoms with Gasteiger partial charge in [0.1, 0.15) is 11.5 Å². The van der Waals surface area contributed by atoms with Gasteiger partial charge in [-0.3, -0.25) is 9.69 Å². The van der Waals surface area contributed by atoms with Crippen molar-refractivity contribution in [2.75, 3.05) is 46.3 Å². The predicted molar refractivity (Wildman–Crippen MR) is 113 cm³/mol. The lowest BCUT2D eigenvalue weighted by Gasteiger charge is -2.20. The molecule has 0 saturated carbocycles. The number of hydrogen-bond donors (Lipinski definition) is 1. The highest BCUT2D eigenvalue weighted by atomic mass is 32.1. The number of ether oxygens (including phenoxy) is 2. The van der Waals surface area contributed by atoms with Gasteiger partial charge in [-0.25, -0.2) is 4.98 Å². The minimum absolute atomic E-state index is 0.0393. The van der Waals surface area contributed by atoms with Crippen LogP contribution in [0, 0.1) is 0 Å². The number of hydrogen-bond acceptors (Lipinski definition) is 5. The summed E-state index contributed by atoms with van der Waals surface area (Å²) in [7, 11) is 7.44. The number of rotatable bonds is 8. The van der Waals surface area contributed by atoms with Crippen LogP contribution in [0.1, 0.15) is 5.56 Å². The van der Waals surface area contributed by atoms with Crippen molar-refractivity contribution in [2.24, 2.45) is 0 Å². The van der Waals surface area contributed by atoms with Gasteiger partial charge in [0, 0.05) is 0 Å². The van der Waals surface area contributed by atoms with Crippen molar-refractivity contribution in [1.29, 1.82) is 0 Å². The molecule has 0 fully saturated rings. The molecule has 28 heavy (non-hydrogen) atoms. The van der Waals surface area contributed by atoms with Crippen molar-refractivity contribution in [3.05, 3.63) is 48.0 Å². The number of thiazole rings is 1. The first kappa shape index (κ1) is 20.1. The molecule has 3 rings (SSSR count). The predicted octanol–water partition coefficient (Wildman–Crippen LogP) is 2.03. The first-order valence-electron chi connectivity index (χ1n) is 9.17. The van der Waals surface area contributed by atoms with E-state index in [1.54, 1.807) is 19.1 Å². The molecule has 7 heteroatoms. The summed E-state index contributed by atoms with van der Waals surface area (Å²) in [5.74, 6) is 1.61. The van der Waals surface area contributed by atoms with Gasteiger partial charge in [0.2, 0.25) is 5.91 Å². The molecule has 148 valence electrons. The van der Waals surface area contributed by atoms with Crippen molar-refractivity contribution in [3.63, 3.8) is 0 Å². The molecule has 1 heterocycles. The third-order valence-corrected chi connectivity index (χ3v) is 5.51. The lowest BCUT2D eigenvalue weighted by Crippen LogP contribution is -3.06. The Kier molecular flexibility index (Phi) is 6.49. The Morgan fingerprint density at radius 3 is 2.39 bits per heavy atom. The molecule has 0 radical (unpaired) electrons. The quantitative estimate of drug-likeness (QED) is 0.629. The number of nitrogens with one attached hydrogen (secondary N) is 1. The Bertz CT molecular complexity index is 938. The summed E-state index contributed by atoms with van der Waals surface area (Å²) in [6.45, 7) is 1.46. The molecule has 0 atom stereocenters. The van der Waals surface area contributed by atoms with Gasteiger partial charge in [-0.2, -0.15) is 0 Å². The van der Waals surface area contributed by atoms with Gasteiger partial charge in [-0.1, -0.05) is 23.5 Å². The van der Waals surface area contributed by atoms with Crippen LogP contribution in [0.3, 0.4) is 0 Å². The minimum Gasteiger partial charge on any atom is -0.497 e. The van der Waals surface area contributed by atoms with Crippen LogP contribution in [-0.2, 0) is 11.2 Å². The summed E-state index contributed by atoms with van der Waals surface area (Å²) in [6.07, 6.45) is 0.325. The van der Waals surface area contributed by atoms with Crippen LogP contribution in [0.2, 0.25) is 0 Å². The maximum absolute atomic E-state index is 13.1. The third kappa shape index (κ3) is 4.79. The van der Waals surface area contributed by atoms with E-state index in [4.69, 9.17) is 14.5 Å². The average molecular weight is 401 g/mol. The minimum atomic E-state index is 0.0393. The lowest BCUT2D eigenvalue weighted by molar-refractivity contribution is -0.856. The number of aromatic nitrogens is 1. The van der Waals surface area contributed by atoms with Gasteiger partial charge in [0.05, 0.1) is 58.0 Å². The van der Waals surface area contributed by atoms with E-state index in [1.165, 1.54) is 16.2 Å². The molecule has 1 N–H and O–H groups in total. The van der Waals surface area contributed by atoms with Gasteiger partial charge in [-0.05, 0) is 35.9 Å². The topological polar surface area (TPSA) is 56.1 Å². The number of carbonyl (C=O) groups excluding carboxylic acids is 1. The highest BCUT2D eigenvalue weighted by Gasteiger charge is 2.21. The van der Waals surface area contributed by atoms with Crippen LogP contribution in [-0.4, -0.2) is 52.3 Å². The van der Waals surface area contributed by atoms with Crippen molar-refractivity contribution >= 4 is 32.6 Å². The summed E-state index contributed by atoms with van der Waals surface area (Å²) in [5, 5.41) is 0.725. The maximum atomic E-state index is 13.1. The van der Waals surface area contributed by atoms with Crippen LogP contribution < -0.4 is 19.3 Å². The summed E-state index contributed by atoms with van der Waals surface area (Å²) < 4.78 is 11.5. The van der Waals surface area contributed by atoms with E-state index >= 15 is 0 Å². The van der Waals surface area contributed by atoms with E-state index in [2.05, 4.69) is 14.1 Å². The largest absolute Gasteiger partial charge is 0.497 e. The van der Waals surface area contributed by atoms with Crippen molar-refractivity contribution < 1.29 is 19.2 Å². The molecule has 0 aliphatic rings. The first-order valence-corrected chi connectivity index (χ1v) is 9.98. The van der Waals surface area contributed by atoms with Gasteiger partial charge >= 0.3 is 0 Å². The van der Waals surface area contributed by atoms with E-state index in [9.17, 15) is 4.79 Å². The van der Waals surface area contributed by atoms with Crippen LogP contribution in [0.15, 0.2) is 42.5 Å². The number of carbonyl (C=O) groups is 1. The Balaban J connectivity index is 1.85. The molecule has 0 unspecified atom stereocenters. The second-order valence-corrected chi connectivity index (χ2v) is 7.87. The smallest absolute Gasteiger partial charge is 0.233 e. The van der Waals surface area contributed by atoms with Crippen LogP contribution in [0.4, 0.5) is 5.13 Å². The molecule has 1 aromatic heterocycles. The van der Waals surface area contributed by atoms with Gasteiger partial charge in [0.15, 0.2) is 5.13 Å². The summed E-state index contributed by atoms with van der Waals surface area (Å²) in [4.78, 5) is 20.9. The van der Waals surface area contributed by atoms with Gasteiger partial charge in [0.25, 0.3) is 0 Å². The molecule has 0 spiro atoms. The number of anilines is 1. The van der Waals surface area contributed by atoms with Crippen LogP contribution >= 0.6 is 11.3 Å². The van der Waals surface area contributed by atoms with E-state index in [0.717, 1.165) is 39.0 Å². The summed E-state index contributed by atoms with van der Waals surface area (Å²) in [6, 6.07) is 13.4. The average Bonchev–Trinajstić information content (AvgIpc) is 3.11. The molecule has 0 aliphatic heterocycles. The summed E-state index contributed by atoms with van der Waals surface area (Å²) in [5.41, 5.74) is 1.83. The number of fused-ring (bicyclic) bond motifs is 1. The molecule has 0 aliphatic carbocycles. The highest BCUT2D eigenvalue weighted by Crippen LogP contribution is 2.31. The van der Waals surface area contributed by atoms with E-state index < -0.39 is 0 Å². The zero-order valence-corrected chi connectivity index (χ0v) is 17.5. The zero-order chi connectivity index (χ0) is 20.1. The number of benzene rings is 2. The van der Waals surface area contributed by atoms with E-state index in [0.29, 0.717) is 13.0 Å². The third-order valence-electron chi connectivity index (χ3n) is 4.47. The lowest BCUT2D eigenvalue weighted by atomic mass is 10.1.